The molecule has 0 bridgehead atoms. The monoisotopic (exact) mass is 291 g/mol. The molecule has 1 heterocycles. The fourth-order valence-electron chi connectivity index (χ4n) is 1.63. The molecule has 0 atom stereocenters. The lowest BCUT2D eigenvalue weighted by molar-refractivity contribution is 0.312. The van der Waals surface area contributed by atoms with Crippen LogP contribution in [0, 0.1) is 0 Å². The molecular formula is C13H17N5O3. The number of anilines is 3. The van der Waals surface area contributed by atoms with E-state index in [1.54, 1.807) is 32.4 Å². The van der Waals surface area contributed by atoms with Crippen LogP contribution in [0.5, 0.6) is 17.5 Å². The van der Waals surface area contributed by atoms with Gasteiger partial charge in [-0.1, -0.05) is 0 Å². The Balaban J connectivity index is 2.28. The molecule has 3 N–H and O–H groups in total. The average molecular weight is 291 g/mol. The van der Waals surface area contributed by atoms with E-state index in [4.69, 9.17) is 19.9 Å². The normalized spacial score (nSPS) is 10.0. The highest BCUT2D eigenvalue weighted by Gasteiger charge is 2.07. The Hall–Kier alpha value is -2.77. The first-order valence-corrected chi connectivity index (χ1v) is 6.29. The summed E-state index contributed by atoms with van der Waals surface area (Å²) in [6.07, 6.45) is 0. The first-order valence-electron chi connectivity index (χ1n) is 6.29. The van der Waals surface area contributed by atoms with Crippen molar-refractivity contribution in [2.24, 2.45) is 0 Å². The van der Waals surface area contributed by atoms with E-state index in [1.807, 2.05) is 6.92 Å². The number of benzene rings is 1. The lowest BCUT2D eigenvalue weighted by Crippen LogP contribution is -2.06. The molecule has 1 aromatic carbocycles. The molecule has 8 nitrogen and oxygen atoms in total. The van der Waals surface area contributed by atoms with Crippen LogP contribution in [0.3, 0.4) is 0 Å². The zero-order valence-corrected chi connectivity index (χ0v) is 12.1. The number of ether oxygens (including phenoxy) is 3. The molecule has 8 heteroatoms. The molecule has 0 radical (unpaired) electrons. The van der Waals surface area contributed by atoms with Gasteiger partial charge in [0.25, 0.3) is 0 Å². The summed E-state index contributed by atoms with van der Waals surface area (Å²) in [6.45, 7) is 2.27. The predicted octanol–water partition coefficient (Wildman–Crippen LogP) is 1.61. The van der Waals surface area contributed by atoms with Crippen molar-refractivity contribution in [2.45, 2.75) is 6.92 Å². The maximum atomic E-state index is 5.62. The molecule has 1 aromatic heterocycles. The fourth-order valence-corrected chi connectivity index (χ4v) is 1.63. The molecule has 0 amide bonds. The Bertz CT molecular complexity index is 599. The van der Waals surface area contributed by atoms with E-state index in [9.17, 15) is 0 Å². The topological polar surface area (TPSA) is 104 Å². The third-order valence-electron chi connectivity index (χ3n) is 2.51. The minimum atomic E-state index is 0.0748. The standard InChI is InChI=1S/C13H17N5O3/c1-4-21-13-17-11(14)16-12(18-13)15-8-5-9(19-2)7-10(6-8)20-3/h5-7H,4H2,1-3H3,(H3,14,15,16,17,18). The largest absolute Gasteiger partial charge is 0.497 e. The lowest BCUT2D eigenvalue weighted by atomic mass is 10.3. The van der Waals surface area contributed by atoms with Crippen molar-refractivity contribution in [3.63, 3.8) is 0 Å². The highest BCUT2D eigenvalue weighted by molar-refractivity contribution is 5.59. The number of hydrogen-bond donors (Lipinski definition) is 2. The van der Waals surface area contributed by atoms with Crippen LogP contribution >= 0.6 is 0 Å². The highest BCUT2D eigenvalue weighted by atomic mass is 16.5. The van der Waals surface area contributed by atoms with Crippen LogP contribution in [0.2, 0.25) is 0 Å². The molecule has 0 saturated heterocycles. The summed E-state index contributed by atoms with van der Waals surface area (Å²) in [6, 6.07) is 5.49. The Kier molecular flexibility index (Phi) is 4.60. The summed E-state index contributed by atoms with van der Waals surface area (Å²) < 4.78 is 15.6. The van der Waals surface area contributed by atoms with Gasteiger partial charge >= 0.3 is 6.01 Å². The van der Waals surface area contributed by atoms with Gasteiger partial charge in [-0.25, -0.2) is 0 Å². The number of nitrogens with zero attached hydrogens (tertiary/aromatic N) is 3. The van der Waals surface area contributed by atoms with Crippen LogP contribution in [-0.4, -0.2) is 35.8 Å². The van der Waals surface area contributed by atoms with E-state index >= 15 is 0 Å². The van der Waals surface area contributed by atoms with Gasteiger partial charge < -0.3 is 25.3 Å². The van der Waals surface area contributed by atoms with E-state index in [-0.39, 0.29) is 17.9 Å². The third kappa shape index (κ3) is 3.85. The summed E-state index contributed by atoms with van der Waals surface area (Å²) in [5, 5.41) is 3.01. The summed E-state index contributed by atoms with van der Waals surface area (Å²) in [5.74, 6) is 1.64. The van der Waals surface area contributed by atoms with Crippen LogP contribution in [-0.2, 0) is 0 Å². The van der Waals surface area contributed by atoms with Crippen molar-refractivity contribution in [3.8, 4) is 17.5 Å². The van der Waals surface area contributed by atoms with Crippen LogP contribution in [0.4, 0.5) is 17.6 Å². The van der Waals surface area contributed by atoms with Crippen LogP contribution in [0.1, 0.15) is 6.92 Å². The summed E-state index contributed by atoms with van der Waals surface area (Å²) in [5.41, 5.74) is 6.32. The zero-order chi connectivity index (χ0) is 15.2. The van der Waals surface area contributed by atoms with E-state index in [0.717, 1.165) is 0 Å². The number of hydrogen-bond acceptors (Lipinski definition) is 8. The summed E-state index contributed by atoms with van der Waals surface area (Å²) in [7, 11) is 3.15. The number of nitrogens with two attached hydrogens (primary N) is 1. The van der Waals surface area contributed by atoms with Crippen molar-refractivity contribution in [3.05, 3.63) is 18.2 Å². The van der Waals surface area contributed by atoms with E-state index in [1.165, 1.54) is 0 Å². The number of nitrogen functional groups attached to an aromatic ring is 1. The molecule has 0 unspecified atom stereocenters. The second-order valence-electron chi connectivity index (χ2n) is 3.96. The van der Waals surface area contributed by atoms with Gasteiger partial charge in [0.1, 0.15) is 11.5 Å². The Morgan fingerprint density at radius 3 is 2.29 bits per heavy atom. The van der Waals surface area contributed by atoms with Gasteiger partial charge in [-0.05, 0) is 6.92 Å². The number of nitrogens with one attached hydrogen (secondary N) is 1. The third-order valence-corrected chi connectivity index (χ3v) is 2.51. The summed E-state index contributed by atoms with van der Waals surface area (Å²) in [4.78, 5) is 12.0. The molecule has 0 aliphatic rings. The van der Waals surface area contributed by atoms with Crippen molar-refractivity contribution < 1.29 is 14.2 Å². The van der Waals surface area contributed by atoms with Crippen LogP contribution < -0.4 is 25.3 Å². The van der Waals surface area contributed by atoms with Crippen molar-refractivity contribution in [1.82, 2.24) is 15.0 Å². The molecule has 0 aliphatic carbocycles. The number of rotatable bonds is 6. The average Bonchev–Trinajstić information content (AvgIpc) is 2.46. The van der Waals surface area contributed by atoms with Gasteiger partial charge in [-0.3, -0.25) is 0 Å². The van der Waals surface area contributed by atoms with Gasteiger partial charge in [0.15, 0.2) is 0 Å². The highest BCUT2D eigenvalue weighted by Crippen LogP contribution is 2.27. The smallest absolute Gasteiger partial charge is 0.323 e. The first-order chi connectivity index (χ1) is 10.1. The van der Waals surface area contributed by atoms with Crippen LogP contribution in [0.25, 0.3) is 0 Å². The van der Waals surface area contributed by atoms with Gasteiger partial charge in [0.05, 0.1) is 20.8 Å². The fraction of sp³-hybridized carbons (Fsp3) is 0.308. The lowest BCUT2D eigenvalue weighted by Gasteiger charge is -2.10. The quantitative estimate of drug-likeness (QED) is 0.827. The second-order valence-corrected chi connectivity index (χ2v) is 3.96. The number of aromatic nitrogens is 3. The zero-order valence-electron chi connectivity index (χ0n) is 12.1. The minimum Gasteiger partial charge on any atom is -0.497 e. The maximum absolute atomic E-state index is 5.62. The van der Waals surface area contributed by atoms with Crippen molar-refractivity contribution in [2.75, 3.05) is 31.9 Å². The SMILES string of the molecule is CCOc1nc(N)nc(Nc2cc(OC)cc(OC)c2)n1. The first kappa shape index (κ1) is 14.6. The predicted molar refractivity (Wildman–Crippen MR) is 78.2 cm³/mol. The number of methoxy groups -OCH3 is 2. The van der Waals surface area contributed by atoms with Gasteiger partial charge in [0.2, 0.25) is 11.9 Å². The molecule has 2 rings (SSSR count). The van der Waals surface area contributed by atoms with E-state index in [0.29, 0.717) is 23.8 Å². The second kappa shape index (κ2) is 6.60. The molecule has 21 heavy (non-hydrogen) atoms. The Labute approximate surface area is 122 Å². The Morgan fingerprint density at radius 2 is 1.71 bits per heavy atom. The van der Waals surface area contributed by atoms with Crippen molar-refractivity contribution >= 4 is 17.6 Å². The minimum absolute atomic E-state index is 0.0748. The molecule has 0 spiro atoms. The molecule has 2 aromatic rings. The van der Waals surface area contributed by atoms with E-state index < -0.39 is 0 Å². The van der Waals surface area contributed by atoms with Crippen LogP contribution in [0.15, 0.2) is 18.2 Å². The molecule has 0 fully saturated rings. The van der Waals surface area contributed by atoms with Gasteiger partial charge in [-0.15, -0.1) is 0 Å². The molecular weight excluding hydrogens is 274 g/mol. The van der Waals surface area contributed by atoms with E-state index in [2.05, 4.69) is 20.3 Å². The van der Waals surface area contributed by atoms with Gasteiger partial charge in [0, 0.05) is 23.9 Å². The van der Waals surface area contributed by atoms with Crippen molar-refractivity contribution in [1.29, 1.82) is 0 Å². The molecule has 0 saturated carbocycles. The summed E-state index contributed by atoms with van der Waals surface area (Å²) >= 11 is 0. The molecule has 112 valence electrons. The van der Waals surface area contributed by atoms with Gasteiger partial charge in [-0.2, -0.15) is 15.0 Å². The molecule has 0 aliphatic heterocycles. The Morgan fingerprint density at radius 1 is 1.05 bits per heavy atom. The maximum Gasteiger partial charge on any atom is 0.323 e.